The lowest BCUT2D eigenvalue weighted by molar-refractivity contribution is 0.853. The molecule has 1 aromatic carbocycles. The van der Waals surface area contributed by atoms with Gasteiger partial charge in [0.1, 0.15) is 5.01 Å². The molecule has 0 aliphatic heterocycles. The molecule has 0 aliphatic carbocycles. The van der Waals surface area contributed by atoms with Gasteiger partial charge in [-0.3, -0.25) is 0 Å². The molecule has 1 aromatic heterocycles. The highest BCUT2D eigenvalue weighted by Crippen LogP contribution is 2.27. The maximum absolute atomic E-state index is 6.09. The smallest absolute Gasteiger partial charge is 0.114 e. The predicted molar refractivity (Wildman–Crippen MR) is 64.3 cm³/mol. The molecule has 4 heteroatoms. The molecule has 0 fully saturated rings. The van der Waals surface area contributed by atoms with Gasteiger partial charge in [0.05, 0.1) is 6.04 Å². The Bertz CT molecular complexity index is 467. The van der Waals surface area contributed by atoms with Crippen LogP contribution in [0.2, 0.25) is 5.02 Å². The van der Waals surface area contributed by atoms with Crippen molar-refractivity contribution in [2.24, 2.45) is 5.73 Å². The third kappa shape index (κ3) is 2.20. The Balaban J connectivity index is 2.36. The van der Waals surface area contributed by atoms with Crippen LogP contribution in [0.3, 0.4) is 0 Å². The Morgan fingerprint density at radius 2 is 2.13 bits per heavy atom. The largest absolute Gasteiger partial charge is 0.318 e. The molecule has 1 atom stereocenters. The number of aryl methyl sites for hydroxylation is 1. The van der Waals surface area contributed by atoms with Crippen LogP contribution in [-0.2, 0) is 0 Å². The normalized spacial score (nSPS) is 12.7. The fraction of sp³-hybridized carbons (Fsp3) is 0.182. The van der Waals surface area contributed by atoms with E-state index in [0.717, 1.165) is 16.3 Å². The average molecular weight is 239 g/mol. The molecule has 2 rings (SSSR count). The van der Waals surface area contributed by atoms with Gasteiger partial charge in [-0.15, -0.1) is 11.3 Å². The number of halogens is 1. The second-order valence-corrected chi connectivity index (χ2v) is 4.62. The van der Waals surface area contributed by atoms with E-state index < -0.39 is 0 Å². The van der Waals surface area contributed by atoms with Crippen molar-refractivity contribution in [1.82, 2.24) is 4.98 Å². The Morgan fingerprint density at radius 1 is 1.40 bits per heavy atom. The van der Waals surface area contributed by atoms with E-state index >= 15 is 0 Å². The van der Waals surface area contributed by atoms with E-state index in [1.165, 1.54) is 0 Å². The highest BCUT2D eigenvalue weighted by atomic mass is 35.5. The van der Waals surface area contributed by atoms with Gasteiger partial charge in [0.15, 0.2) is 0 Å². The number of thiazole rings is 1. The van der Waals surface area contributed by atoms with Gasteiger partial charge in [-0.1, -0.05) is 29.8 Å². The number of benzene rings is 1. The Kier molecular flexibility index (Phi) is 3.05. The maximum atomic E-state index is 6.09. The van der Waals surface area contributed by atoms with Crippen LogP contribution in [0.1, 0.15) is 22.3 Å². The summed E-state index contributed by atoms with van der Waals surface area (Å²) in [5.74, 6) is 0. The number of rotatable bonds is 2. The summed E-state index contributed by atoms with van der Waals surface area (Å²) >= 11 is 7.64. The van der Waals surface area contributed by atoms with Crippen LogP contribution < -0.4 is 5.73 Å². The molecular formula is C11H11ClN2S. The van der Waals surface area contributed by atoms with Crippen LogP contribution in [0.5, 0.6) is 0 Å². The Hall–Kier alpha value is -0.900. The van der Waals surface area contributed by atoms with Crippen molar-refractivity contribution in [2.75, 3.05) is 0 Å². The van der Waals surface area contributed by atoms with Gasteiger partial charge in [-0.05, 0) is 18.6 Å². The fourth-order valence-corrected chi connectivity index (χ4v) is 2.44. The van der Waals surface area contributed by atoms with Crippen molar-refractivity contribution in [2.45, 2.75) is 13.0 Å². The lowest BCUT2D eigenvalue weighted by Gasteiger charge is -2.10. The molecule has 0 radical (unpaired) electrons. The zero-order chi connectivity index (χ0) is 10.8. The minimum atomic E-state index is -0.225. The van der Waals surface area contributed by atoms with E-state index in [1.54, 1.807) is 11.3 Å². The first-order valence-corrected chi connectivity index (χ1v) is 5.86. The summed E-state index contributed by atoms with van der Waals surface area (Å²) in [7, 11) is 0. The van der Waals surface area contributed by atoms with Gasteiger partial charge in [-0.2, -0.15) is 0 Å². The van der Waals surface area contributed by atoms with E-state index in [0.29, 0.717) is 5.02 Å². The monoisotopic (exact) mass is 238 g/mol. The zero-order valence-electron chi connectivity index (χ0n) is 8.27. The first-order chi connectivity index (χ1) is 7.18. The molecule has 0 aliphatic rings. The summed E-state index contributed by atoms with van der Waals surface area (Å²) < 4.78 is 0. The maximum Gasteiger partial charge on any atom is 0.114 e. The van der Waals surface area contributed by atoms with Crippen molar-refractivity contribution in [3.05, 3.63) is 50.9 Å². The average Bonchev–Trinajstić information content (AvgIpc) is 2.65. The number of nitrogens with two attached hydrogens (primary N) is 1. The van der Waals surface area contributed by atoms with Crippen molar-refractivity contribution in [3.8, 4) is 0 Å². The Morgan fingerprint density at radius 3 is 2.73 bits per heavy atom. The summed E-state index contributed by atoms with van der Waals surface area (Å²) in [5.41, 5.74) is 8.02. The molecule has 1 heterocycles. The highest BCUT2D eigenvalue weighted by Gasteiger charge is 2.14. The van der Waals surface area contributed by atoms with Crippen molar-refractivity contribution < 1.29 is 0 Å². The lowest BCUT2D eigenvalue weighted by Crippen LogP contribution is -2.11. The summed E-state index contributed by atoms with van der Waals surface area (Å²) in [5, 5.41) is 3.59. The van der Waals surface area contributed by atoms with Gasteiger partial charge in [0, 0.05) is 16.1 Å². The Labute approximate surface area is 97.7 Å². The first-order valence-electron chi connectivity index (χ1n) is 4.60. The van der Waals surface area contributed by atoms with E-state index in [-0.39, 0.29) is 6.04 Å². The van der Waals surface area contributed by atoms with Gasteiger partial charge < -0.3 is 5.73 Å². The summed E-state index contributed by atoms with van der Waals surface area (Å²) in [6.07, 6.45) is 0. The molecule has 15 heavy (non-hydrogen) atoms. The summed E-state index contributed by atoms with van der Waals surface area (Å²) in [6, 6.07) is 7.38. The topological polar surface area (TPSA) is 38.9 Å². The van der Waals surface area contributed by atoms with Gasteiger partial charge in [0.2, 0.25) is 0 Å². The molecule has 1 unspecified atom stereocenters. The predicted octanol–water partition coefficient (Wildman–Crippen LogP) is 3.15. The van der Waals surface area contributed by atoms with Crippen LogP contribution in [0.15, 0.2) is 29.6 Å². The highest BCUT2D eigenvalue weighted by molar-refractivity contribution is 7.09. The second-order valence-electron chi connectivity index (χ2n) is 3.33. The molecule has 2 aromatic rings. The number of hydrogen-bond acceptors (Lipinski definition) is 3. The van der Waals surface area contributed by atoms with Crippen molar-refractivity contribution in [1.29, 1.82) is 0 Å². The molecule has 2 nitrogen and oxygen atoms in total. The first kappa shape index (κ1) is 10.6. The number of nitrogens with zero attached hydrogens (tertiary/aromatic N) is 1. The lowest BCUT2D eigenvalue weighted by atomic mass is 10.1. The van der Waals surface area contributed by atoms with Gasteiger partial charge in [-0.25, -0.2) is 4.98 Å². The molecule has 0 saturated heterocycles. The van der Waals surface area contributed by atoms with E-state index in [4.69, 9.17) is 17.3 Å². The van der Waals surface area contributed by atoms with Crippen LogP contribution in [-0.4, -0.2) is 4.98 Å². The van der Waals surface area contributed by atoms with Gasteiger partial charge in [0.25, 0.3) is 0 Å². The zero-order valence-corrected chi connectivity index (χ0v) is 9.85. The third-order valence-corrected chi connectivity index (χ3v) is 3.53. The SMILES string of the molecule is Cc1csc(C(N)c2ccccc2Cl)n1. The van der Waals surface area contributed by atoms with Gasteiger partial charge >= 0.3 is 0 Å². The standard InChI is InChI=1S/C11H11ClN2S/c1-7-6-15-11(14-7)10(13)8-4-2-3-5-9(8)12/h2-6,10H,13H2,1H3. The van der Waals surface area contributed by atoms with Crippen LogP contribution in [0.25, 0.3) is 0 Å². The quantitative estimate of drug-likeness (QED) is 0.873. The van der Waals surface area contributed by atoms with E-state index in [9.17, 15) is 0 Å². The summed E-state index contributed by atoms with van der Waals surface area (Å²) in [6.45, 7) is 1.96. The molecule has 0 saturated carbocycles. The molecule has 0 amide bonds. The molecular weight excluding hydrogens is 228 g/mol. The molecule has 0 spiro atoms. The molecule has 2 N–H and O–H groups in total. The van der Waals surface area contributed by atoms with Crippen LogP contribution in [0.4, 0.5) is 0 Å². The minimum absolute atomic E-state index is 0.225. The van der Waals surface area contributed by atoms with E-state index in [1.807, 2.05) is 36.6 Å². The second kappa shape index (κ2) is 4.31. The summed E-state index contributed by atoms with van der Waals surface area (Å²) in [4.78, 5) is 4.36. The van der Waals surface area contributed by atoms with Crippen LogP contribution >= 0.6 is 22.9 Å². The fourth-order valence-electron chi connectivity index (χ4n) is 1.38. The van der Waals surface area contributed by atoms with Crippen molar-refractivity contribution in [3.63, 3.8) is 0 Å². The van der Waals surface area contributed by atoms with Crippen molar-refractivity contribution >= 4 is 22.9 Å². The van der Waals surface area contributed by atoms with E-state index in [2.05, 4.69) is 4.98 Å². The molecule has 0 bridgehead atoms. The molecule has 78 valence electrons. The number of aromatic nitrogens is 1. The third-order valence-electron chi connectivity index (χ3n) is 2.14. The minimum Gasteiger partial charge on any atom is -0.318 e. The van der Waals surface area contributed by atoms with Crippen LogP contribution in [0, 0.1) is 6.92 Å². The number of hydrogen-bond donors (Lipinski definition) is 1.